The summed E-state index contributed by atoms with van der Waals surface area (Å²) >= 11 is 0. The van der Waals surface area contributed by atoms with Gasteiger partial charge in [0, 0.05) is 24.6 Å². The van der Waals surface area contributed by atoms with Gasteiger partial charge in [-0.05, 0) is 62.6 Å². The van der Waals surface area contributed by atoms with Crippen molar-refractivity contribution in [1.82, 2.24) is 14.0 Å². The number of aromatic nitrogens is 3. The van der Waals surface area contributed by atoms with Crippen LogP contribution in [0.2, 0.25) is 0 Å². The zero-order valence-corrected chi connectivity index (χ0v) is 18.7. The topological polar surface area (TPSA) is 55.7 Å². The summed E-state index contributed by atoms with van der Waals surface area (Å²) in [4.78, 5) is 20.7. The Hall–Kier alpha value is -3.56. The first-order valence-electron chi connectivity index (χ1n) is 9.78. The van der Waals surface area contributed by atoms with Gasteiger partial charge in [-0.3, -0.25) is 9.36 Å². The third kappa shape index (κ3) is 4.05. The molecule has 7 heteroatoms. The second-order valence-corrected chi connectivity index (χ2v) is 7.52. The van der Waals surface area contributed by atoms with Crippen LogP contribution in [0.3, 0.4) is 0 Å². The first-order valence-corrected chi connectivity index (χ1v) is 9.78. The van der Waals surface area contributed by atoms with Crippen LogP contribution < -0.4 is 10.9 Å². The molecule has 31 heavy (non-hydrogen) atoms. The van der Waals surface area contributed by atoms with E-state index in [1.54, 1.807) is 6.20 Å². The largest absolute Gasteiger partial charge is 0.378 e. The molecule has 3 heterocycles. The van der Waals surface area contributed by atoms with Crippen LogP contribution >= 0.6 is 12.4 Å². The maximum absolute atomic E-state index is 12.5. The number of pyridine rings is 2. The molecule has 0 saturated heterocycles. The lowest BCUT2D eigenvalue weighted by atomic mass is 10.0. The summed E-state index contributed by atoms with van der Waals surface area (Å²) in [5.74, 6) is 0. The van der Waals surface area contributed by atoms with E-state index in [2.05, 4.69) is 42.2 Å². The smallest absolute Gasteiger partial charge is 0.252 e. The van der Waals surface area contributed by atoms with Crippen LogP contribution in [-0.2, 0) is 6.54 Å². The molecule has 6 nitrogen and oxygen atoms in total. The fourth-order valence-corrected chi connectivity index (χ4v) is 3.67. The molecule has 1 aromatic carbocycles. The fraction of sp³-hybridized carbons (Fsp3) is 0.208. The minimum Gasteiger partial charge on any atom is -0.378 e. The lowest BCUT2D eigenvalue weighted by Gasteiger charge is -2.15. The second-order valence-electron chi connectivity index (χ2n) is 7.52. The van der Waals surface area contributed by atoms with Gasteiger partial charge >= 0.3 is 0 Å². The number of nitrogens with one attached hydrogen (secondary N) is 1. The Morgan fingerprint density at radius 2 is 1.77 bits per heavy atom. The zero-order chi connectivity index (χ0) is 21.4. The van der Waals surface area contributed by atoms with Gasteiger partial charge in [0.05, 0.1) is 23.6 Å². The molecule has 0 radical (unpaired) electrons. The molecule has 0 bridgehead atoms. The van der Waals surface area contributed by atoms with Gasteiger partial charge in [0.25, 0.3) is 5.56 Å². The van der Waals surface area contributed by atoms with Crippen molar-refractivity contribution in [3.63, 3.8) is 0 Å². The molecular weight excluding hydrogens is 410 g/mol. The molecule has 1 N–H and O–H groups in total. The first kappa shape index (κ1) is 22.1. The van der Waals surface area contributed by atoms with E-state index in [-0.39, 0.29) is 18.0 Å². The Balaban J connectivity index is 0.00000272. The summed E-state index contributed by atoms with van der Waals surface area (Å²) in [7, 11) is 0. The Morgan fingerprint density at radius 1 is 1.06 bits per heavy atom. The van der Waals surface area contributed by atoms with Crippen molar-refractivity contribution in [2.45, 2.75) is 34.2 Å². The minimum atomic E-state index is -0.183. The molecule has 4 rings (SSSR count). The number of imidazole rings is 1. The monoisotopic (exact) mass is 433 g/mol. The predicted octanol–water partition coefficient (Wildman–Crippen LogP) is 5.30. The summed E-state index contributed by atoms with van der Waals surface area (Å²) in [6.45, 7) is 16.1. The van der Waals surface area contributed by atoms with Crippen molar-refractivity contribution < 1.29 is 0 Å². The highest BCUT2D eigenvalue weighted by Crippen LogP contribution is 2.25. The van der Waals surface area contributed by atoms with Crippen molar-refractivity contribution in [2.24, 2.45) is 0 Å². The molecule has 3 aromatic heterocycles. The predicted molar refractivity (Wildman–Crippen MR) is 127 cm³/mol. The average Bonchev–Trinajstić information content (AvgIpc) is 3.02. The van der Waals surface area contributed by atoms with Crippen molar-refractivity contribution in [2.75, 3.05) is 5.32 Å². The number of halogens is 1. The molecular formula is C24H24ClN5O. The number of rotatable bonds is 4. The lowest BCUT2D eigenvalue weighted by Crippen LogP contribution is -2.17. The van der Waals surface area contributed by atoms with E-state index >= 15 is 0 Å². The highest BCUT2D eigenvalue weighted by molar-refractivity contribution is 5.85. The molecule has 0 unspecified atom stereocenters. The van der Waals surface area contributed by atoms with Crippen molar-refractivity contribution >= 4 is 29.4 Å². The van der Waals surface area contributed by atoms with E-state index in [0.717, 1.165) is 22.7 Å². The van der Waals surface area contributed by atoms with Crippen LogP contribution in [0.1, 0.15) is 28.1 Å². The highest BCUT2D eigenvalue weighted by Gasteiger charge is 2.13. The summed E-state index contributed by atoms with van der Waals surface area (Å²) in [5.41, 5.74) is 8.21. The van der Waals surface area contributed by atoms with Crippen LogP contribution in [0.4, 0.5) is 11.4 Å². The van der Waals surface area contributed by atoms with Gasteiger partial charge in [-0.1, -0.05) is 18.2 Å². The number of hydrogen-bond acceptors (Lipinski definition) is 3. The van der Waals surface area contributed by atoms with Crippen molar-refractivity contribution in [3.05, 3.63) is 98.6 Å². The summed E-state index contributed by atoms with van der Waals surface area (Å²) in [6, 6.07) is 11.2. The SMILES string of the molecule is Cl.[C-]#[N+]c1ccc(=O)n(-c2cc(NCc3c(C)cccc3C)c3nc(C)c(C)n3c2)c1. The maximum atomic E-state index is 12.5. The normalized spacial score (nSPS) is 10.5. The Labute approximate surface area is 187 Å². The van der Waals surface area contributed by atoms with Gasteiger partial charge in [-0.2, -0.15) is 0 Å². The maximum Gasteiger partial charge on any atom is 0.252 e. The van der Waals surface area contributed by atoms with E-state index in [0.29, 0.717) is 17.9 Å². The van der Waals surface area contributed by atoms with Gasteiger partial charge in [-0.15, -0.1) is 12.4 Å². The van der Waals surface area contributed by atoms with E-state index in [9.17, 15) is 4.79 Å². The van der Waals surface area contributed by atoms with Gasteiger partial charge in [-0.25, -0.2) is 9.83 Å². The number of nitrogens with zero attached hydrogens (tertiary/aromatic N) is 4. The quantitative estimate of drug-likeness (QED) is 0.444. The molecule has 4 aromatic rings. The molecule has 0 amide bonds. The fourth-order valence-electron chi connectivity index (χ4n) is 3.67. The summed E-state index contributed by atoms with van der Waals surface area (Å²) in [6.07, 6.45) is 3.47. The number of benzene rings is 1. The van der Waals surface area contributed by atoms with E-state index < -0.39 is 0 Å². The third-order valence-corrected chi connectivity index (χ3v) is 5.58. The molecule has 0 atom stereocenters. The number of anilines is 1. The van der Waals surface area contributed by atoms with E-state index in [1.807, 2.05) is 30.5 Å². The van der Waals surface area contributed by atoms with Crippen LogP contribution in [0.5, 0.6) is 0 Å². The Kier molecular flexibility index (Phi) is 6.19. The van der Waals surface area contributed by atoms with Crippen LogP contribution in [0, 0.1) is 34.3 Å². The van der Waals surface area contributed by atoms with E-state index in [1.165, 1.54) is 33.4 Å². The minimum absolute atomic E-state index is 0. The van der Waals surface area contributed by atoms with Crippen molar-refractivity contribution in [3.8, 4) is 5.69 Å². The number of aryl methyl sites for hydroxylation is 4. The number of hydrogen-bond donors (Lipinski definition) is 1. The molecule has 0 aliphatic rings. The lowest BCUT2D eigenvalue weighted by molar-refractivity contribution is 0.962. The molecule has 158 valence electrons. The van der Waals surface area contributed by atoms with Gasteiger partial charge in [0.15, 0.2) is 5.65 Å². The summed E-state index contributed by atoms with van der Waals surface area (Å²) < 4.78 is 3.50. The first-order chi connectivity index (χ1) is 14.4. The van der Waals surface area contributed by atoms with Crippen molar-refractivity contribution in [1.29, 1.82) is 0 Å². The molecule has 0 fully saturated rings. The average molecular weight is 434 g/mol. The molecule has 0 saturated carbocycles. The van der Waals surface area contributed by atoms with Crippen LogP contribution in [-0.4, -0.2) is 14.0 Å². The van der Waals surface area contributed by atoms with Gasteiger partial charge in [0.1, 0.15) is 0 Å². The van der Waals surface area contributed by atoms with Gasteiger partial charge in [0.2, 0.25) is 5.69 Å². The van der Waals surface area contributed by atoms with Crippen LogP contribution in [0.15, 0.2) is 53.6 Å². The van der Waals surface area contributed by atoms with E-state index in [4.69, 9.17) is 11.6 Å². The standard InChI is InChI=1S/C24H23N5O.ClH/c1-15-7-6-8-16(2)21(15)12-26-22-11-20(14-28-18(4)17(3)27-24(22)28)29-13-19(25-5)9-10-23(29)30;/h6-11,13-14,26H,12H2,1-4H3;1H. The molecule has 0 aliphatic carbocycles. The van der Waals surface area contributed by atoms with Gasteiger partial charge < -0.3 is 9.72 Å². The zero-order valence-electron chi connectivity index (χ0n) is 17.9. The third-order valence-electron chi connectivity index (χ3n) is 5.58. The Morgan fingerprint density at radius 3 is 2.45 bits per heavy atom. The summed E-state index contributed by atoms with van der Waals surface area (Å²) in [5, 5.41) is 3.53. The second kappa shape index (κ2) is 8.66. The highest BCUT2D eigenvalue weighted by atomic mass is 35.5. The Bertz CT molecular complexity index is 1360. The molecule has 0 aliphatic heterocycles. The molecule has 0 spiro atoms. The number of fused-ring (bicyclic) bond motifs is 1. The van der Waals surface area contributed by atoms with Crippen LogP contribution in [0.25, 0.3) is 16.2 Å².